The number of Topliss-reactive ketones (excluding diaryl/α,β-unsaturated/α-hetero) is 1. The Hall–Kier alpha value is -4.47. The number of piperazine rings is 1. The topological polar surface area (TPSA) is 129 Å². The number of H-pyrrole nitrogens is 1. The minimum absolute atomic E-state index is 0.110. The van der Waals surface area contributed by atoms with E-state index in [0.29, 0.717) is 35.2 Å². The number of hydrogen-bond acceptors (Lipinski definition) is 6. The number of fused-ring (bicyclic) bond motifs is 1. The lowest BCUT2D eigenvalue weighted by atomic mass is 10.1. The zero-order valence-corrected chi connectivity index (χ0v) is 19.9. The Kier molecular flexibility index (Phi) is 7.14. The lowest BCUT2D eigenvalue weighted by molar-refractivity contribution is -0.144. The molecular formula is C26H26N4O6. The van der Waals surface area contributed by atoms with E-state index in [1.54, 1.807) is 47.4 Å². The summed E-state index contributed by atoms with van der Waals surface area (Å²) in [4.78, 5) is 68.2. The normalized spacial score (nSPS) is 15.4. The van der Waals surface area contributed by atoms with E-state index in [1.807, 2.05) is 13.0 Å². The van der Waals surface area contributed by atoms with Crippen LogP contribution in [0.15, 0.2) is 54.7 Å². The Balaban J connectivity index is 1.46. The Morgan fingerprint density at radius 3 is 2.47 bits per heavy atom. The molecule has 2 aromatic carbocycles. The van der Waals surface area contributed by atoms with E-state index >= 15 is 0 Å². The van der Waals surface area contributed by atoms with E-state index in [0.717, 1.165) is 0 Å². The average Bonchev–Trinajstić information content (AvgIpc) is 3.32. The van der Waals surface area contributed by atoms with Gasteiger partial charge in [0.15, 0.2) is 6.61 Å². The molecule has 2 N–H and O–H groups in total. The highest BCUT2D eigenvalue weighted by atomic mass is 16.5. The van der Waals surface area contributed by atoms with Crippen molar-refractivity contribution in [3.05, 3.63) is 65.9 Å². The number of carbonyl (C=O) groups excluding carboxylic acids is 5. The number of esters is 1. The zero-order chi connectivity index (χ0) is 25.8. The monoisotopic (exact) mass is 490 g/mol. The summed E-state index contributed by atoms with van der Waals surface area (Å²) in [5.41, 5.74) is 1.62. The molecule has 186 valence electrons. The predicted octanol–water partition coefficient (Wildman–Crippen LogP) is 2.23. The maximum absolute atomic E-state index is 13.2. The van der Waals surface area contributed by atoms with Gasteiger partial charge < -0.3 is 24.8 Å². The maximum Gasteiger partial charge on any atom is 0.303 e. The van der Waals surface area contributed by atoms with Crippen LogP contribution >= 0.6 is 0 Å². The molecular weight excluding hydrogens is 464 g/mol. The van der Waals surface area contributed by atoms with Crippen molar-refractivity contribution in [2.75, 3.05) is 31.6 Å². The number of aromatic amines is 1. The number of nitrogens with zero attached hydrogens (tertiary/aromatic N) is 2. The van der Waals surface area contributed by atoms with Crippen molar-refractivity contribution >= 4 is 46.1 Å². The molecule has 0 saturated carbocycles. The number of ketones is 1. The molecule has 0 bridgehead atoms. The number of anilines is 1. The van der Waals surface area contributed by atoms with Crippen LogP contribution in [0.4, 0.5) is 5.69 Å². The van der Waals surface area contributed by atoms with Gasteiger partial charge in [0.2, 0.25) is 0 Å². The first-order chi connectivity index (χ1) is 17.3. The van der Waals surface area contributed by atoms with Gasteiger partial charge in [0.05, 0.1) is 16.8 Å². The third-order valence-electron chi connectivity index (χ3n) is 6.03. The van der Waals surface area contributed by atoms with Gasteiger partial charge >= 0.3 is 5.97 Å². The minimum Gasteiger partial charge on any atom is -0.456 e. The van der Waals surface area contributed by atoms with Crippen molar-refractivity contribution in [3.8, 4) is 0 Å². The van der Waals surface area contributed by atoms with Crippen LogP contribution in [-0.4, -0.2) is 76.5 Å². The third kappa shape index (κ3) is 5.12. The lowest BCUT2D eigenvalue weighted by Crippen LogP contribution is -2.56. The first kappa shape index (κ1) is 24.6. The molecule has 0 radical (unpaired) electrons. The number of ether oxygens (including phenoxy) is 1. The van der Waals surface area contributed by atoms with Crippen LogP contribution in [0.3, 0.4) is 0 Å². The fourth-order valence-corrected chi connectivity index (χ4v) is 4.25. The molecule has 1 fully saturated rings. The molecule has 1 aromatic heterocycles. The number of nitrogens with one attached hydrogen (secondary N) is 2. The highest BCUT2D eigenvalue weighted by Gasteiger charge is 2.34. The summed E-state index contributed by atoms with van der Waals surface area (Å²) in [6.07, 6.45) is 1.44. The molecule has 1 saturated heterocycles. The quantitative estimate of drug-likeness (QED) is 0.310. The van der Waals surface area contributed by atoms with Gasteiger partial charge in [-0.3, -0.25) is 24.0 Å². The van der Waals surface area contributed by atoms with Crippen LogP contribution in [0, 0.1) is 0 Å². The molecule has 4 rings (SSSR count). The van der Waals surface area contributed by atoms with Gasteiger partial charge in [0.25, 0.3) is 23.5 Å². The molecule has 36 heavy (non-hydrogen) atoms. The van der Waals surface area contributed by atoms with Gasteiger partial charge in [-0.1, -0.05) is 30.3 Å². The second kappa shape index (κ2) is 10.4. The SMILES string of the molecule is CC(=O)OCC(=O)Nc1cccc2c(C(=O)C(=O)N3CCN(C(=O)c4ccccc4)C[C@H]3C)c[nH]c12. The Morgan fingerprint density at radius 2 is 1.78 bits per heavy atom. The smallest absolute Gasteiger partial charge is 0.303 e. The average molecular weight is 491 g/mol. The van der Waals surface area contributed by atoms with Crippen LogP contribution in [0.5, 0.6) is 0 Å². The van der Waals surface area contributed by atoms with Crippen molar-refractivity contribution in [1.82, 2.24) is 14.8 Å². The van der Waals surface area contributed by atoms with Gasteiger partial charge in [-0.25, -0.2) is 0 Å². The molecule has 1 atom stereocenters. The van der Waals surface area contributed by atoms with E-state index in [1.165, 1.54) is 18.0 Å². The van der Waals surface area contributed by atoms with Crippen LogP contribution < -0.4 is 5.32 Å². The van der Waals surface area contributed by atoms with Gasteiger partial charge in [0.1, 0.15) is 0 Å². The van der Waals surface area contributed by atoms with Gasteiger partial charge in [-0.2, -0.15) is 0 Å². The molecule has 3 amide bonds. The van der Waals surface area contributed by atoms with Crippen molar-refractivity contribution < 1.29 is 28.7 Å². The summed E-state index contributed by atoms with van der Waals surface area (Å²) in [6, 6.07) is 13.5. The predicted molar refractivity (Wildman–Crippen MR) is 131 cm³/mol. The van der Waals surface area contributed by atoms with Crippen LogP contribution in [0.25, 0.3) is 10.9 Å². The Morgan fingerprint density at radius 1 is 1.03 bits per heavy atom. The molecule has 2 heterocycles. The zero-order valence-electron chi connectivity index (χ0n) is 19.9. The van der Waals surface area contributed by atoms with Crippen molar-refractivity contribution in [1.29, 1.82) is 0 Å². The number of rotatable bonds is 6. The van der Waals surface area contributed by atoms with Crippen molar-refractivity contribution in [3.63, 3.8) is 0 Å². The standard InChI is InChI=1S/C26H26N4O6/c1-16-14-29(25(34)18-7-4-3-5-8-18)11-12-30(16)26(35)24(33)20-13-27-23-19(20)9-6-10-21(23)28-22(32)15-36-17(2)31/h3-10,13,16,27H,11-12,14-15H2,1-2H3,(H,28,32)/t16-/m1/s1. The first-order valence-corrected chi connectivity index (χ1v) is 11.5. The highest BCUT2D eigenvalue weighted by Crippen LogP contribution is 2.27. The third-order valence-corrected chi connectivity index (χ3v) is 6.03. The lowest BCUT2D eigenvalue weighted by Gasteiger charge is -2.39. The number of carbonyl (C=O) groups is 5. The molecule has 0 spiro atoms. The van der Waals surface area contributed by atoms with E-state index in [9.17, 15) is 24.0 Å². The number of aromatic nitrogens is 1. The fraction of sp³-hybridized carbons (Fsp3) is 0.269. The summed E-state index contributed by atoms with van der Waals surface area (Å²) in [7, 11) is 0. The summed E-state index contributed by atoms with van der Waals surface area (Å²) in [6.45, 7) is 3.46. The summed E-state index contributed by atoms with van der Waals surface area (Å²) in [5.74, 6) is -2.55. The van der Waals surface area contributed by atoms with E-state index in [2.05, 4.69) is 10.3 Å². The van der Waals surface area contributed by atoms with Gasteiger partial charge in [0, 0.05) is 49.7 Å². The largest absolute Gasteiger partial charge is 0.456 e. The van der Waals surface area contributed by atoms with Gasteiger partial charge in [-0.05, 0) is 25.1 Å². The van der Waals surface area contributed by atoms with Gasteiger partial charge in [-0.15, -0.1) is 0 Å². The van der Waals surface area contributed by atoms with E-state index < -0.39 is 30.2 Å². The highest BCUT2D eigenvalue weighted by molar-refractivity contribution is 6.45. The van der Waals surface area contributed by atoms with E-state index in [-0.39, 0.29) is 24.1 Å². The second-order valence-electron chi connectivity index (χ2n) is 8.55. The minimum atomic E-state index is -0.681. The fourth-order valence-electron chi connectivity index (χ4n) is 4.25. The molecule has 3 aromatic rings. The number of hydrogen-bond donors (Lipinski definition) is 2. The number of para-hydroxylation sites is 1. The van der Waals surface area contributed by atoms with Crippen molar-refractivity contribution in [2.24, 2.45) is 0 Å². The van der Waals surface area contributed by atoms with Crippen LogP contribution in [-0.2, 0) is 19.1 Å². The number of amides is 3. The van der Waals surface area contributed by atoms with Crippen LogP contribution in [0.1, 0.15) is 34.6 Å². The van der Waals surface area contributed by atoms with E-state index in [4.69, 9.17) is 4.74 Å². The summed E-state index contributed by atoms with van der Waals surface area (Å²) < 4.78 is 4.70. The summed E-state index contributed by atoms with van der Waals surface area (Å²) >= 11 is 0. The molecule has 10 nitrogen and oxygen atoms in total. The molecule has 0 unspecified atom stereocenters. The number of benzene rings is 2. The first-order valence-electron chi connectivity index (χ1n) is 11.5. The molecule has 10 heteroatoms. The second-order valence-corrected chi connectivity index (χ2v) is 8.55. The Bertz CT molecular complexity index is 1330. The molecule has 1 aliphatic heterocycles. The van der Waals surface area contributed by atoms with Crippen LogP contribution in [0.2, 0.25) is 0 Å². The van der Waals surface area contributed by atoms with Crippen molar-refractivity contribution in [2.45, 2.75) is 19.9 Å². The molecule has 1 aliphatic rings. The molecule has 0 aliphatic carbocycles. The maximum atomic E-state index is 13.2. The Labute approximate surface area is 207 Å². The summed E-state index contributed by atoms with van der Waals surface area (Å²) in [5, 5.41) is 3.11.